The third kappa shape index (κ3) is 1.50. The van der Waals surface area contributed by atoms with Gasteiger partial charge in [0, 0.05) is 12.0 Å². The Balaban J connectivity index is 2.48. The zero-order valence-corrected chi connectivity index (χ0v) is 9.69. The van der Waals surface area contributed by atoms with Crippen LogP contribution in [0.15, 0.2) is 33.5 Å². The lowest BCUT2D eigenvalue weighted by atomic mass is 9.81. The van der Waals surface area contributed by atoms with Crippen molar-refractivity contribution in [3.63, 3.8) is 0 Å². The Labute approximate surface area is 98.7 Å². The molecule has 2 aromatic rings. The first kappa shape index (κ1) is 10.5. The van der Waals surface area contributed by atoms with Crippen molar-refractivity contribution in [2.24, 2.45) is 0 Å². The molecule has 0 saturated carbocycles. The van der Waals surface area contributed by atoms with Crippen LogP contribution in [0.1, 0.15) is 31.1 Å². The summed E-state index contributed by atoms with van der Waals surface area (Å²) in [5, 5.41) is 11.8. The van der Waals surface area contributed by atoms with E-state index in [-0.39, 0.29) is 5.63 Å². The molecule has 1 aromatic heterocycles. The van der Waals surface area contributed by atoms with E-state index in [2.05, 4.69) is 0 Å². The van der Waals surface area contributed by atoms with Gasteiger partial charge in [-0.1, -0.05) is 18.2 Å². The number of rotatable bonds is 0. The van der Waals surface area contributed by atoms with Gasteiger partial charge < -0.3 is 9.52 Å². The van der Waals surface area contributed by atoms with Crippen LogP contribution in [0.3, 0.4) is 0 Å². The lowest BCUT2D eigenvalue weighted by Crippen LogP contribution is -2.28. The van der Waals surface area contributed by atoms with E-state index in [0.29, 0.717) is 17.6 Å². The largest absolute Gasteiger partial charge is 0.427 e. The second kappa shape index (κ2) is 3.44. The molecule has 1 aliphatic rings. The Bertz CT molecular complexity index is 637. The average Bonchev–Trinajstić information content (AvgIpc) is 2.28. The van der Waals surface area contributed by atoms with E-state index in [1.165, 1.54) is 0 Å². The first-order valence-corrected chi connectivity index (χ1v) is 5.87. The maximum absolute atomic E-state index is 11.8. The van der Waals surface area contributed by atoms with Crippen molar-refractivity contribution in [1.29, 1.82) is 0 Å². The highest BCUT2D eigenvalue weighted by Gasteiger charge is 2.33. The summed E-state index contributed by atoms with van der Waals surface area (Å²) in [6, 6.07) is 7.31. The molecular weight excluding hydrogens is 216 g/mol. The third-order valence-electron chi connectivity index (χ3n) is 3.52. The Morgan fingerprint density at radius 1 is 1.29 bits per heavy atom. The highest BCUT2D eigenvalue weighted by molar-refractivity contribution is 5.85. The molecule has 88 valence electrons. The summed E-state index contributed by atoms with van der Waals surface area (Å²) in [5.74, 6) is 0.643. The van der Waals surface area contributed by atoms with Gasteiger partial charge in [-0.15, -0.1) is 0 Å². The minimum absolute atomic E-state index is 0.308. The Kier molecular flexibility index (Phi) is 2.13. The number of aliphatic hydroxyl groups is 1. The molecule has 0 radical (unpaired) electrons. The van der Waals surface area contributed by atoms with E-state index in [0.717, 1.165) is 23.8 Å². The summed E-state index contributed by atoms with van der Waals surface area (Å²) >= 11 is 0. The summed E-state index contributed by atoms with van der Waals surface area (Å²) in [7, 11) is 0. The van der Waals surface area contributed by atoms with E-state index in [1.54, 1.807) is 13.0 Å². The number of hydrogen-bond acceptors (Lipinski definition) is 3. The van der Waals surface area contributed by atoms with Crippen molar-refractivity contribution in [3.05, 3.63) is 46.0 Å². The smallest absolute Gasteiger partial charge is 0.343 e. The zero-order chi connectivity index (χ0) is 12.0. The van der Waals surface area contributed by atoms with Crippen LogP contribution in [0.2, 0.25) is 0 Å². The maximum atomic E-state index is 11.8. The van der Waals surface area contributed by atoms with E-state index >= 15 is 0 Å². The molecule has 1 N–H and O–H groups in total. The molecule has 1 heterocycles. The minimum Gasteiger partial charge on any atom is -0.427 e. The molecule has 0 amide bonds. The van der Waals surface area contributed by atoms with Gasteiger partial charge in [-0.05, 0) is 31.2 Å². The van der Waals surface area contributed by atoms with Gasteiger partial charge in [-0.3, -0.25) is 0 Å². The molecule has 0 fully saturated rings. The number of hydrogen-bond donors (Lipinski definition) is 1. The van der Waals surface area contributed by atoms with Crippen molar-refractivity contribution < 1.29 is 9.52 Å². The lowest BCUT2D eigenvalue weighted by molar-refractivity contribution is 0.0356. The van der Waals surface area contributed by atoms with Gasteiger partial charge in [-0.25, -0.2) is 4.79 Å². The topological polar surface area (TPSA) is 50.4 Å². The standard InChI is InChI=1S/C14H14O3/c1-14(16)8-4-7-11-12(14)9-5-2-3-6-10(9)13(15)17-11/h2-3,5-6,16H,4,7-8H2,1H3. The fourth-order valence-corrected chi connectivity index (χ4v) is 2.73. The lowest BCUT2D eigenvalue weighted by Gasteiger charge is -2.30. The molecule has 1 aliphatic carbocycles. The Morgan fingerprint density at radius 3 is 2.76 bits per heavy atom. The van der Waals surface area contributed by atoms with Crippen LogP contribution in [-0.2, 0) is 12.0 Å². The highest BCUT2D eigenvalue weighted by Crippen LogP contribution is 2.38. The van der Waals surface area contributed by atoms with Crippen molar-refractivity contribution in [2.45, 2.75) is 31.8 Å². The number of aryl methyl sites for hydroxylation is 1. The molecule has 1 unspecified atom stereocenters. The van der Waals surface area contributed by atoms with Crippen LogP contribution in [0.4, 0.5) is 0 Å². The van der Waals surface area contributed by atoms with Crippen molar-refractivity contribution in [1.82, 2.24) is 0 Å². The first-order chi connectivity index (χ1) is 8.09. The molecule has 3 rings (SSSR count). The maximum Gasteiger partial charge on any atom is 0.343 e. The quantitative estimate of drug-likeness (QED) is 0.755. The van der Waals surface area contributed by atoms with Gasteiger partial charge in [-0.2, -0.15) is 0 Å². The van der Waals surface area contributed by atoms with Crippen LogP contribution in [0, 0.1) is 0 Å². The molecule has 0 saturated heterocycles. The predicted octanol–water partition coefficient (Wildman–Crippen LogP) is 2.34. The summed E-state index contributed by atoms with van der Waals surface area (Å²) in [4.78, 5) is 11.8. The highest BCUT2D eigenvalue weighted by atomic mass is 16.4. The SMILES string of the molecule is CC1(O)CCCc2oc(=O)c3ccccc3c21. The fourth-order valence-electron chi connectivity index (χ4n) is 2.73. The van der Waals surface area contributed by atoms with Gasteiger partial charge in [0.1, 0.15) is 5.76 Å². The third-order valence-corrected chi connectivity index (χ3v) is 3.52. The second-order valence-corrected chi connectivity index (χ2v) is 4.86. The molecule has 1 aromatic carbocycles. The van der Waals surface area contributed by atoms with E-state index < -0.39 is 5.60 Å². The Hall–Kier alpha value is -1.61. The average molecular weight is 230 g/mol. The monoisotopic (exact) mass is 230 g/mol. The number of fused-ring (bicyclic) bond motifs is 3. The molecule has 3 heteroatoms. The molecule has 17 heavy (non-hydrogen) atoms. The zero-order valence-electron chi connectivity index (χ0n) is 9.69. The van der Waals surface area contributed by atoms with Gasteiger partial charge in [0.15, 0.2) is 0 Å². The first-order valence-electron chi connectivity index (χ1n) is 5.87. The molecule has 0 spiro atoms. The molecule has 0 bridgehead atoms. The van der Waals surface area contributed by atoms with Crippen LogP contribution in [0.25, 0.3) is 10.8 Å². The van der Waals surface area contributed by atoms with Crippen LogP contribution in [-0.4, -0.2) is 5.11 Å². The van der Waals surface area contributed by atoms with Crippen molar-refractivity contribution in [2.75, 3.05) is 0 Å². The van der Waals surface area contributed by atoms with Gasteiger partial charge in [0.25, 0.3) is 0 Å². The molecular formula is C14H14O3. The van der Waals surface area contributed by atoms with Gasteiger partial charge in [0.2, 0.25) is 0 Å². The second-order valence-electron chi connectivity index (χ2n) is 4.86. The summed E-state index contributed by atoms with van der Waals surface area (Å²) in [5.41, 5.74) is -0.416. The summed E-state index contributed by atoms with van der Waals surface area (Å²) in [6.07, 6.45) is 2.28. The van der Waals surface area contributed by atoms with Crippen LogP contribution in [0.5, 0.6) is 0 Å². The van der Waals surface area contributed by atoms with Gasteiger partial charge in [0.05, 0.1) is 11.0 Å². The number of benzene rings is 1. The molecule has 3 nitrogen and oxygen atoms in total. The molecule has 1 atom stereocenters. The van der Waals surface area contributed by atoms with Crippen LogP contribution < -0.4 is 5.63 Å². The minimum atomic E-state index is -0.898. The van der Waals surface area contributed by atoms with Crippen molar-refractivity contribution >= 4 is 10.8 Å². The normalized spacial score (nSPS) is 23.6. The van der Waals surface area contributed by atoms with E-state index in [1.807, 2.05) is 18.2 Å². The van der Waals surface area contributed by atoms with Crippen molar-refractivity contribution in [3.8, 4) is 0 Å². The fraction of sp³-hybridized carbons (Fsp3) is 0.357. The van der Waals surface area contributed by atoms with Crippen LogP contribution >= 0.6 is 0 Å². The Morgan fingerprint density at radius 2 is 2.00 bits per heavy atom. The van der Waals surface area contributed by atoms with E-state index in [9.17, 15) is 9.90 Å². The summed E-state index contributed by atoms with van der Waals surface area (Å²) < 4.78 is 5.33. The molecule has 0 aliphatic heterocycles. The predicted molar refractivity (Wildman–Crippen MR) is 65.0 cm³/mol. The van der Waals surface area contributed by atoms with E-state index in [4.69, 9.17) is 4.42 Å². The summed E-state index contributed by atoms with van der Waals surface area (Å²) in [6.45, 7) is 1.79. The van der Waals surface area contributed by atoms with Gasteiger partial charge >= 0.3 is 5.63 Å².